The Morgan fingerprint density at radius 3 is 2.65 bits per heavy atom. The Labute approximate surface area is 130 Å². The molecule has 2 rings (SSSR count). The highest BCUT2D eigenvalue weighted by atomic mass is 19.4. The van der Waals surface area contributed by atoms with Crippen molar-refractivity contribution in [3.8, 4) is 5.88 Å². The first-order valence-corrected chi connectivity index (χ1v) is 6.63. The van der Waals surface area contributed by atoms with Crippen LogP contribution in [0.1, 0.15) is 27.3 Å². The number of ether oxygens (including phenoxy) is 1. The van der Waals surface area contributed by atoms with Crippen molar-refractivity contribution in [1.29, 1.82) is 0 Å². The molecule has 0 aliphatic heterocycles. The maximum absolute atomic E-state index is 12.6. The fourth-order valence-electron chi connectivity index (χ4n) is 1.91. The molecule has 1 N–H and O–H groups in total. The topological polar surface area (TPSA) is 64.1 Å². The van der Waals surface area contributed by atoms with Crippen LogP contribution < -0.4 is 10.1 Å². The summed E-state index contributed by atoms with van der Waals surface area (Å²) < 4.78 is 42.7. The molecule has 23 heavy (non-hydrogen) atoms. The standard InChI is InChI=1S/C15H14F3N3O2/c1-9-11(3-4-12(21-9)15(16,17)18)14(22)20-8-10-5-6-19-13(7-10)23-2/h3-7H,8H2,1-2H3,(H,20,22). The van der Waals surface area contributed by atoms with Crippen molar-refractivity contribution < 1.29 is 22.7 Å². The number of amides is 1. The number of methoxy groups -OCH3 is 1. The van der Waals surface area contributed by atoms with Gasteiger partial charge in [0.15, 0.2) is 0 Å². The Kier molecular flexibility index (Phi) is 4.83. The average molecular weight is 325 g/mol. The molecule has 0 saturated heterocycles. The summed E-state index contributed by atoms with van der Waals surface area (Å²) in [6.07, 6.45) is -3.00. The van der Waals surface area contributed by atoms with Crippen LogP contribution >= 0.6 is 0 Å². The lowest BCUT2D eigenvalue weighted by molar-refractivity contribution is -0.141. The number of aryl methyl sites for hydroxylation is 1. The van der Waals surface area contributed by atoms with E-state index in [1.807, 2.05) is 0 Å². The Hall–Kier alpha value is -2.64. The van der Waals surface area contributed by atoms with Gasteiger partial charge in [-0.3, -0.25) is 4.79 Å². The second-order valence-corrected chi connectivity index (χ2v) is 4.72. The van der Waals surface area contributed by atoms with Crippen molar-refractivity contribution in [3.05, 3.63) is 53.0 Å². The van der Waals surface area contributed by atoms with Gasteiger partial charge in [0.25, 0.3) is 5.91 Å². The lowest BCUT2D eigenvalue weighted by Gasteiger charge is -2.10. The maximum atomic E-state index is 12.6. The number of halogens is 3. The quantitative estimate of drug-likeness (QED) is 0.939. The maximum Gasteiger partial charge on any atom is 0.433 e. The van der Waals surface area contributed by atoms with Crippen molar-refractivity contribution in [2.45, 2.75) is 19.6 Å². The van der Waals surface area contributed by atoms with Gasteiger partial charge in [-0.1, -0.05) is 0 Å². The van der Waals surface area contributed by atoms with Crippen LogP contribution in [0, 0.1) is 6.92 Å². The molecule has 0 unspecified atom stereocenters. The summed E-state index contributed by atoms with van der Waals surface area (Å²) in [5, 5.41) is 2.62. The summed E-state index contributed by atoms with van der Waals surface area (Å²) in [4.78, 5) is 19.4. The van der Waals surface area contributed by atoms with Gasteiger partial charge in [-0.2, -0.15) is 13.2 Å². The van der Waals surface area contributed by atoms with Gasteiger partial charge >= 0.3 is 6.18 Å². The molecule has 2 heterocycles. The highest BCUT2D eigenvalue weighted by Crippen LogP contribution is 2.28. The van der Waals surface area contributed by atoms with Crippen molar-refractivity contribution in [1.82, 2.24) is 15.3 Å². The third kappa shape index (κ3) is 4.18. The Morgan fingerprint density at radius 1 is 1.30 bits per heavy atom. The van der Waals surface area contributed by atoms with E-state index < -0.39 is 17.8 Å². The molecule has 0 aromatic carbocycles. The van der Waals surface area contributed by atoms with Crippen LogP contribution in [-0.4, -0.2) is 23.0 Å². The Balaban J connectivity index is 2.09. The van der Waals surface area contributed by atoms with Crippen molar-refractivity contribution in [3.63, 3.8) is 0 Å². The molecular formula is C15H14F3N3O2. The third-order valence-electron chi connectivity index (χ3n) is 3.08. The highest BCUT2D eigenvalue weighted by molar-refractivity contribution is 5.95. The fraction of sp³-hybridized carbons (Fsp3) is 0.267. The predicted molar refractivity (Wildman–Crippen MR) is 75.9 cm³/mol. The van der Waals surface area contributed by atoms with Crippen molar-refractivity contribution in [2.75, 3.05) is 7.11 Å². The number of pyridine rings is 2. The molecule has 2 aromatic rings. The van der Waals surface area contributed by atoms with E-state index in [4.69, 9.17) is 4.74 Å². The second kappa shape index (κ2) is 6.64. The number of carbonyl (C=O) groups excluding carboxylic acids is 1. The smallest absolute Gasteiger partial charge is 0.433 e. The van der Waals surface area contributed by atoms with Gasteiger partial charge in [0.2, 0.25) is 5.88 Å². The minimum absolute atomic E-state index is 0.0182. The summed E-state index contributed by atoms with van der Waals surface area (Å²) in [6.45, 7) is 1.55. The third-order valence-corrected chi connectivity index (χ3v) is 3.08. The fourth-order valence-corrected chi connectivity index (χ4v) is 1.91. The molecule has 0 aliphatic carbocycles. The first kappa shape index (κ1) is 16.7. The van der Waals surface area contributed by atoms with Gasteiger partial charge in [0, 0.05) is 18.8 Å². The number of rotatable bonds is 4. The molecule has 2 aromatic heterocycles. The van der Waals surface area contributed by atoms with Crippen molar-refractivity contribution >= 4 is 5.91 Å². The van der Waals surface area contributed by atoms with Gasteiger partial charge in [-0.15, -0.1) is 0 Å². The molecule has 1 amide bonds. The summed E-state index contributed by atoms with van der Waals surface area (Å²) in [7, 11) is 1.47. The van der Waals surface area contributed by atoms with Crippen LogP contribution in [0.15, 0.2) is 30.5 Å². The Bertz CT molecular complexity index is 717. The normalized spacial score (nSPS) is 11.2. The van der Waals surface area contributed by atoms with E-state index in [0.29, 0.717) is 5.88 Å². The molecule has 5 nitrogen and oxygen atoms in total. The minimum Gasteiger partial charge on any atom is -0.481 e. The highest BCUT2D eigenvalue weighted by Gasteiger charge is 2.33. The van der Waals surface area contributed by atoms with E-state index in [1.165, 1.54) is 20.2 Å². The molecule has 0 spiro atoms. The summed E-state index contributed by atoms with van der Waals surface area (Å²) in [5.74, 6) is -0.0939. The molecule has 0 aliphatic rings. The number of aromatic nitrogens is 2. The van der Waals surface area contributed by atoms with E-state index >= 15 is 0 Å². The number of hydrogen-bond acceptors (Lipinski definition) is 4. The zero-order chi connectivity index (χ0) is 17.0. The molecule has 0 atom stereocenters. The van der Waals surface area contributed by atoms with Crippen LogP contribution in [0.2, 0.25) is 0 Å². The largest absolute Gasteiger partial charge is 0.481 e. The number of nitrogens with one attached hydrogen (secondary N) is 1. The second-order valence-electron chi connectivity index (χ2n) is 4.72. The number of alkyl halides is 3. The first-order valence-electron chi connectivity index (χ1n) is 6.63. The van der Waals surface area contributed by atoms with E-state index in [1.54, 1.807) is 12.1 Å². The number of nitrogens with zero attached hydrogens (tertiary/aromatic N) is 2. The van der Waals surface area contributed by atoms with E-state index in [-0.39, 0.29) is 17.8 Å². The van der Waals surface area contributed by atoms with Crippen LogP contribution in [0.3, 0.4) is 0 Å². The van der Waals surface area contributed by atoms with Crippen LogP contribution in [0.4, 0.5) is 13.2 Å². The van der Waals surface area contributed by atoms with Gasteiger partial charge in [-0.05, 0) is 30.7 Å². The molecule has 122 valence electrons. The van der Waals surface area contributed by atoms with Crippen LogP contribution in [0.25, 0.3) is 0 Å². The van der Waals surface area contributed by atoms with E-state index in [9.17, 15) is 18.0 Å². The predicted octanol–water partition coefficient (Wildman–Crippen LogP) is 2.74. The number of carbonyl (C=O) groups is 1. The molecular weight excluding hydrogens is 311 g/mol. The molecule has 0 saturated carbocycles. The zero-order valence-electron chi connectivity index (χ0n) is 12.4. The zero-order valence-corrected chi connectivity index (χ0v) is 12.4. The number of hydrogen-bond donors (Lipinski definition) is 1. The van der Waals surface area contributed by atoms with Gasteiger partial charge in [0.05, 0.1) is 18.4 Å². The van der Waals surface area contributed by atoms with Crippen LogP contribution in [-0.2, 0) is 12.7 Å². The van der Waals surface area contributed by atoms with Gasteiger partial charge in [0.1, 0.15) is 5.69 Å². The summed E-state index contributed by atoms with van der Waals surface area (Å²) in [6, 6.07) is 5.25. The minimum atomic E-state index is -4.53. The summed E-state index contributed by atoms with van der Waals surface area (Å²) in [5.41, 5.74) is -0.156. The SMILES string of the molecule is COc1cc(CNC(=O)c2ccc(C(F)(F)F)nc2C)ccn1. The van der Waals surface area contributed by atoms with E-state index in [2.05, 4.69) is 15.3 Å². The van der Waals surface area contributed by atoms with Gasteiger partial charge in [-0.25, -0.2) is 9.97 Å². The van der Waals surface area contributed by atoms with Crippen molar-refractivity contribution in [2.24, 2.45) is 0 Å². The monoisotopic (exact) mass is 325 g/mol. The average Bonchev–Trinajstić information content (AvgIpc) is 2.51. The first-order chi connectivity index (χ1) is 10.8. The molecule has 0 fully saturated rings. The van der Waals surface area contributed by atoms with E-state index in [0.717, 1.165) is 17.7 Å². The summed E-state index contributed by atoms with van der Waals surface area (Å²) >= 11 is 0. The molecule has 0 bridgehead atoms. The molecule has 0 radical (unpaired) electrons. The van der Waals surface area contributed by atoms with Crippen LogP contribution in [0.5, 0.6) is 5.88 Å². The lowest BCUT2D eigenvalue weighted by atomic mass is 10.1. The Morgan fingerprint density at radius 2 is 2.04 bits per heavy atom. The van der Waals surface area contributed by atoms with Gasteiger partial charge < -0.3 is 10.1 Å². The molecule has 8 heteroatoms. The lowest BCUT2D eigenvalue weighted by Crippen LogP contribution is -2.24.